The summed E-state index contributed by atoms with van der Waals surface area (Å²) in [6, 6.07) is 4.44. The zero-order chi connectivity index (χ0) is 10.4. The van der Waals surface area contributed by atoms with Crippen LogP contribution in [0.1, 0.15) is 28.1 Å². The number of hydrogen-bond acceptors (Lipinski definition) is 1. The Hall–Kier alpha value is -0.840. The SMILES string of the molecule is Cc1cc2c([nH]1)Cc1cc(I)ncc1C2. The van der Waals surface area contributed by atoms with E-state index in [0.29, 0.717) is 0 Å². The van der Waals surface area contributed by atoms with Gasteiger partial charge in [-0.25, -0.2) is 0 Å². The summed E-state index contributed by atoms with van der Waals surface area (Å²) < 4.78 is 1.08. The van der Waals surface area contributed by atoms with Gasteiger partial charge in [0.25, 0.3) is 0 Å². The number of halogens is 1. The van der Waals surface area contributed by atoms with Gasteiger partial charge in [0.1, 0.15) is 3.70 Å². The van der Waals surface area contributed by atoms with Crippen LogP contribution in [0.25, 0.3) is 0 Å². The summed E-state index contributed by atoms with van der Waals surface area (Å²) in [7, 11) is 0. The molecule has 0 unspecified atom stereocenters. The van der Waals surface area contributed by atoms with Gasteiger partial charge in [0.05, 0.1) is 0 Å². The monoisotopic (exact) mass is 310 g/mol. The third kappa shape index (κ3) is 1.58. The van der Waals surface area contributed by atoms with Gasteiger partial charge >= 0.3 is 0 Å². The van der Waals surface area contributed by atoms with E-state index in [1.165, 1.54) is 28.1 Å². The van der Waals surface area contributed by atoms with Gasteiger partial charge in [0, 0.05) is 30.4 Å². The van der Waals surface area contributed by atoms with Gasteiger partial charge in [-0.2, -0.15) is 0 Å². The van der Waals surface area contributed by atoms with E-state index in [9.17, 15) is 0 Å². The van der Waals surface area contributed by atoms with E-state index in [2.05, 4.69) is 51.6 Å². The van der Waals surface area contributed by atoms with E-state index in [1.807, 2.05) is 6.20 Å². The average Bonchev–Trinajstić information content (AvgIpc) is 2.53. The summed E-state index contributed by atoms with van der Waals surface area (Å²) >= 11 is 2.27. The molecule has 76 valence electrons. The molecule has 0 aromatic carbocycles. The van der Waals surface area contributed by atoms with Crippen LogP contribution in [-0.2, 0) is 12.8 Å². The van der Waals surface area contributed by atoms with Crippen molar-refractivity contribution in [2.45, 2.75) is 19.8 Å². The predicted molar refractivity (Wildman–Crippen MR) is 68.1 cm³/mol. The number of fused-ring (bicyclic) bond motifs is 2. The first kappa shape index (κ1) is 9.39. The van der Waals surface area contributed by atoms with Crippen molar-refractivity contribution < 1.29 is 0 Å². The molecule has 1 aliphatic rings. The van der Waals surface area contributed by atoms with E-state index in [1.54, 1.807) is 0 Å². The van der Waals surface area contributed by atoms with Crippen LogP contribution in [-0.4, -0.2) is 9.97 Å². The number of aromatic nitrogens is 2. The van der Waals surface area contributed by atoms with E-state index < -0.39 is 0 Å². The Morgan fingerprint density at radius 2 is 2.07 bits per heavy atom. The first-order valence-electron chi connectivity index (χ1n) is 5.03. The largest absolute Gasteiger partial charge is 0.362 e. The normalized spacial score (nSPS) is 13.5. The number of rotatable bonds is 0. The number of aryl methyl sites for hydroxylation is 1. The van der Waals surface area contributed by atoms with Gasteiger partial charge in [0.15, 0.2) is 0 Å². The minimum absolute atomic E-state index is 1.02. The van der Waals surface area contributed by atoms with Gasteiger partial charge in [-0.3, -0.25) is 4.98 Å². The molecule has 2 aromatic heterocycles. The summed E-state index contributed by atoms with van der Waals surface area (Å²) in [4.78, 5) is 7.78. The molecule has 15 heavy (non-hydrogen) atoms. The summed E-state index contributed by atoms with van der Waals surface area (Å²) in [6.07, 6.45) is 4.07. The Morgan fingerprint density at radius 3 is 2.93 bits per heavy atom. The lowest BCUT2D eigenvalue weighted by Gasteiger charge is -2.15. The number of nitrogens with one attached hydrogen (secondary N) is 1. The first-order valence-corrected chi connectivity index (χ1v) is 6.11. The van der Waals surface area contributed by atoms with Gasteiger partial charge in [-0.05, 0) is 58.3 Å². The van der Waals surface area contributed by atoms with Gasteiger partial charge < -0.3 is 4.98 Å². The maximum absolute atomic E-state index is 4.35. The highest BCUT2D eigenvalue weighted by atomic mass is 127. The topological polar surface area (TPSA) is 28.7 Å². The summed E-state index contributed by atoms with van der Waals surface area (Å²) in [5.74, 6) is 0. The number of hydrogen-bond donors (Lipinski definition) is 1. The molecule has 3 heteroatoms. The summed E-state index contributed by atoms with van der Waals surface area (Å²) in [5.41, 5.74) is 6.87. The Balaban J connectivity index is 2.10. The van der Waals surface area contributed by atoms with Crippen LogP contribution in [0.2, 0.25) is 0 Å². The molecular weight excluding hydrogens is 299 g/mol. The van der Waals surface area contributed by atoms with E-state index in [0.717, 1.165) is 16.5 Å². The predicted octanol–water partition coefficient (Wildman–Crippen LogP) is 2.82. The molecule has 0 fully saturated rings. The molecule has 0 aliphatic heterocycles. The third-order valence-corrected chi connectivity index (χ3v) is 3.51. The lowest BCUT2D eigenvalue weighted by molar-refractivity contribution is 0.949. The molecule has 0 saturated carbocycles. The lowest BCUT2D eigenvalue weighted by Crippen LogP contribution is -2.07. The van der Waals surface area contributed by atoms with Crippen LogP contribution < -0.4 is 0 Å². The maximum atomic E-state index is 4.35. The molecule has 2 heterocycles. The minimum Gasteiger partial charge on any atom is -0.362 e. The summed E-state index contributed by atoms with van der Waals surface area (Å²) in [5, 5.41) is 0. The summed E-state index contributed by atoms with van der Waals surface area (Å²) in [6.45, 7) is 2.12. The molecule has 0 radical (unpaired) electrons. The van der Waals surface area contributed by atoms with Crippen molar-refractivity contribution in [3.63, 3.8) is 0 Å². The first-order chi connectivity index (χ1) is 7.22. The zero-order valence-corrected chi connectivity index (χ0v) is 10.6. The van der Waals surface area contributed by atoms with E-state index in [4.69, 9.17) is 0 Å². The molecule has 0 saturated heterocycles. The quantitative estimate of drug-likeness (QED) is 0.502. The molecule has 2 aromatic rings. The van der Waals surface area contributed by atoms with Crippen molar-refractivity contribution in [2.24, 2.45) is 0 Å². The molecule has 2 nitrogen and oxygen atoms in total. The van der Waals surface area contributed by atoms with Crippen LogP contribution >= 0.6 is 22.6 Å². The van der Waals surface area contributed by atoms with Crippen LogP contribution in [0, 0.1) is 10.6 Å². The van der Waals surface area contributed by atoms with E-state index in [-0.39, 0.29) is 0 Å². The smallest absolute Gasteiger partial charge is 0.101 e. The molecule has 0 bridgehead atoms. The lowest BCUT2D eigenvalue weighted by atomic mass is 9.92. The zero-order valence-electron chi connectivity index (χ0n) is 8.47. The van der Waals surface area contributed by atoms with Crippen LogP contribution in [0.15, 0.2) is 18.3 Å². The van der Waals surface area contributed by atoms with Crippen LogP contribution in [0.4, 0.5) is 0 Å². The molecule has 1 aliphatic carbocycles. The highest BCUT2D eigenvalue weighted by Gasteiger charge is 2.17. The Morgan fingerprint density at radius 1 is 1.20 bits per heavy atom. The van der Waals surface area contributed by atoms with Crippen LogP contribution in [0.3, 0.4) is 0 Å². The highest BCUT2D eigenvalue weighted by molar-refractivity contribution is 14.1. The number of aromatic amines is 1. The van der Waals surface area contributed by atoms with Gasteiger partial charge in [-0.15, -0.1) is 0 Å². The second kappa shape index (κ2) is 3.33. The maximum Gasteiger partial charge on any atom is 0.101 e. The Kier molecular flexibility index (Phi) is 2.09. The van der Waals surface area contributed by atoms with Crippen molar-refractivity contribution in [3.05, 3.63) is 50.1 Å². The minimum atomic E-state index is 1.02. The fraction of sp³-hybridized carbons (Fsp3) is 0.250. The van der Waals surface area contributed by atoms with Crippen LogP contribution in [0.5, 0.6) is 0 Å². The van der Waals surface area contributed by atoms with Crippen molar-refractivity contribution in [1.82, 2.24) is 9.97 Å². The molecule has 3 rings (SSSR count). The molecule has 0 amide bonds. The Labute approximate surface area is 102 Å². The third-order valence-electron chi connectivity index (χ3n) is 2.92. The van der Waals surface area contributed by atoms with Crippen molar-refractivity contribution in [2.75, 3.05) is 0 Å². The standard InChI is InChI=1S/C12H11IN2/c1-7-2-9-3-10-6-14-12(13)5-8(10)4-11(9)15-7/h2,5-6,15H,3-4H2,1H3. The highest BCUT2D eigenvalue weighted by Crippen LogP contribution is 2.27. The molecule has 0 atom stereocenters. The van der Waals surface area contributed by atoms with Crippen molar-refractivity contribution >= 4 is 22.6 Å². The van der Waals surface area contributed by atoms with Gasteiger partial charge in [-0.1, -0.05) is 0 Å². The number of nitrogens with zero attached hydrogens (tertiary/aromatic N) is 1. The second-order valence-electron chi connectivity index (χ2n) is 4.09. The average molecular weight is 310 g/mol. The molecular formula is C12H11IN2. The van der Waals surface area contributed by atoms with Crippen molar-refractivity contribution in [3.8, 4) is 0 Å². The fourth-order valence-corrected chi connectivity index (χ4v) is 2.75. The van der Waals surface area contributed by atoms with Crippen molar-refractivity contribution in [1.29, 1.82) is 0 Å². The number of pyridine rings is 1. The molecule has 1 N–H and O–H groups in total. The van der Waals surface area contributed by atoms with E-state index >= 15 is 0 Å². The van der Waals surface area contributed by atoms with Gasteiger partial charge in [0.2, 0.25) is 0 Å². The molecule has 0 spiro atoms. The second-order valence-corrected chi connectivity index (χ2v) is 5.19. The fourth-order valence-electron chi connectivity index (χ4n) is 2.23. The Bertz CT molecular complexity index is 528. The number of H-pyrrole nitrogens is 1.